The predicted molar refractivity (Wildman–Crippen MR) is 69.3 cm³/mol. The predicted octanol–water partition coefficient (Wildman–Crippen LogP) is 2.78. The van der Waals surface area contributed by atoms with Gasteiger partial charge in [-0.1, -0.05) is 0 Å². The molecule has 0 radical (unpaired) electrons. The maximum Gasteiger partial charge on any atom is 0.130 e. The molecule has 4 heteroatoms. The minimum atomic E-state index is -0.230. The molecule has 3 nitrogen and oxygen atoms in total. The summed E-state index contributed by atoms with van der Waals surface area (Å²) in [4.78, 5) is 0. The van der Waals surface area contributed by atoms with Crippen molar-refractivity contribution in [2.45, 2.75) is 32.6 Å². The molecule has 0 aliphatic heterocycles. The third-order valence-electron chi connectivity index (χ3n) is 3.58. The second-order valence-corrected chi connectivity index (χ2v) is 4.86. The zero-order valence-corrected chi connectivity index (χ0v) is 10.4. The van der Waals surface area contributed by atoms with Crippen molar-refractivity contribution < 1.29 is 4.39 Å². The molecule has 1 aliphatic rings. The number of aryl methyl sites for hydroxylation is 2. The van der Waals surface area contributed by atoms with Gasteiger partial charge in [-0.25, -0.2) is 9.07 Å². The van der Waals surface area contributed by atoms with Crippen LogP contribution in [0.5, 0.6) is 0 Å². The molecule has 1 aromatic heterocycles. The van der Waals surface area contributed by atoms with E-state index in [1.807, 2.05) is 6.92 Å². The minimum Gasteiger partial charge on any atom is -0.383 e. The van der Waals surface area contributed by atoms with Crippen molar-refractivity contribution in [1.29, 1.82) is 0 Å². The second kappa shape index (κ2) is 4.12. The highest BCUT2D eigenvalue weighted by Crippen LogP contribution is 2.28. The number of hydrogen-bond acceptors (Lipinski definition) is 2. The Kier molecular flexibility index (Phi) is 2.58. The normalized spacial score (nSPS) is 14.6. The molecule has 0 amide bonds. The molecule has 2 N–H and O–H groups in total. The Morgan fingerprint density at radius 3 is 2.78 bits per heavy atom. The van der Waals surface area contributed by atoms with E-state index >= 15 is 0 Å². The molecule has 18 heavy (non-hydrogen) atoms. The number of nitrogens with two attached hydrogens (primary N) is 1. The molecule has 0 unspecified atom stereocenters. The van der Waals surface area contributed by atoms with Crippen LogP contribution in [0.25, 0.3) is 5.69 Å². The van der Waals surface area contributed by atoms with Crippen LogP contribution in [0.2, 0.25) is 0 Å². The first-order valence-corrected chi connectivity index (χ1v) is 6.29. The Balaban J connectivity index is 2.14. The van der Waals surface area contributed by atoms with Crippen LogP contribution in [0.4, 0.5) is 10.2 Å². The van der Waals surface area contributed by atoms with Crippen LogP contribution < -0.4 is 5.73 Å². The lowest BCUT2D eigenvalue weighted by Crippen LogP contribution is -2.05. The van der Waals surface area contributed by atoms with E-state index in [0.29, 0.717) is 5.82 Å². The first-order chi connectivity index (χ1) is 8.66. The number of rotatable bonds is 1. The Hall–Kier alpha value is -1.84. The lowest BCUT2D eigenvalue weighted by atomic mass is 9.98. The van der Waals surface area contributed by atoms with Gasteiger partial charge in [0.15, 0.2) is 0 Å². The lowest BCUT2D eigenvalue weighted by Gasteiger charge is -2.09. The fourth-order valence-corrected chi connectivity index (χ4v) is 2.62. The first-order valence-electron chi connectivity index (χ1n) is 6.29. The summed E-state index contributed by atoms with van der Waals surface area (Å²) in [5, 5.41) is 4.58. The molecule has 1 aliphatic carbocycles. The van der Waals surface area contributed by atoms with Crippen molar-refractivity contribution in [2.24, 2.45) is 0 Å². The minimum absolute atomic E-state index is 0.230. The van der Waals surface area contributed by atoms with Gasteiger partial charge in [-0.05, 0) is 56.4 Å². The smallest absolute Gasteiger partial charge is 0.130 e. The van der Waals surface area contributed by atoms with Crippen LogP contribution >= 0.6 is 0 Å². The summed E-state index contributed by atoms with van der Waals surface area (Å²) in [5.74, 6) is 0.478. The molecule has 2 aromatic rings. The van der Waals surface area contributed by atoms with Gasteiger partial charge < -0.3 is 5.73 Å². The van der Waals surface area contributed by atoms with Crippen LogP contribution in [-0.2, 0) is 12.8 Å². The van der Waals surface area contributed by atoms with Crippen LogP contribution in [0.15, 0.2) is 18.2 Å². The maximum absolute atomic E-state index is 13.1. The van der Waals surface area contributed by atoms with Crippen molar-refractivity contribution >= 4 is 5.82 Å². The van der Waals surface area contributed by atoms with E-state index in [0.717, 1.165) is 29.8 Å². The van der Waals surface area contributed by atoms with E-state index in [9.17, 15) is 4.39 Å². The van der Waals surface area contributed by atoms with Gasteiger partial charge in [0.25, 0.3) is 0 Å². The number of nitrogens with zero attached hydrogens (tertiary/aromatic N) is 2. The highest BCUT2D eigenvalue weighted by molar-refractivity contribution is 5.53. The molecule has 0 atom stereocenters. The van der Waals surface area contributed by atoms with Crippen LogP contribution in [0.1, 0.15) is 29.7 Å². The van der Waals surface area contributed by atoms with Gasteiger partial charge in [-0.2, -0.15) is 5.10 Å². The maximum atomic E-state index is 13.1. The molecule has 0 saturated heterocycles. The van der Waals surface area contributed by atoms with Gasteiger partial charge in [0, 0.05) is 5.56 Å². The Labute approximate surface area is 105 Å². The molecule has 0 spiro atoms. The number of hydrogen-bond donors (Lipinski definition) is 1. The largest absolute Gasteiger partial charge is 0.383 e. The van der Waals surface area contributed by atoms with Gasteiger partial charge in [-0.3, -0.25) is 0 Å². The number of anilines is 1. The highest BCUT2D eigenvalue weighted by Gasteiger charge is 2.20. The highest BCUT2D eigenvalue weighted by atomic mass is 19.1. The number of aromatic nitrogens is 2. The molecule has 1 heterocycles. The summed E-state index contributed by atoms with van der Waals surface area (Å²) in [7, 11) is 0. The van der Waals surface area contributed by atoms with Gasteiger partial charge in [0.2, 0.25) is 0 Å². The fraction of sp³-hybridized carbons (Fsp3) is 0.357. The second-order valence-electron chi connectivity index (χ2n) is 4.86. The van der Waals surface area contributed by atoms with Crippen molar-refractivity contribution in [3.63, 3.8) is 0 Å². The topological polar surface area (TPSA) is 43.8 Å². The zero-order valence-electron chi connectivity index (χ0n) is 10.4. The third kappa shape index (κ3) is 1.68. The number of nitrogen functional groups attached to an aromatic ring is 1. The molecule has 0 saturated carbocycles. The Morgan fingerprint density at radius 2 is 2.06 bits per heavy atom. The molecular formula is C14H16FN3. The van der Waals surface area contributed by atoms with Gasteiger partial charge in [0.1, 0.15) is 11.6 Å². The molecular weight excluding hydrogens is 229 g/mol. The van der Waals surface area contributed by atoms with Crippen molar-refractivity contribution in [3.05, 3.63) is 40.8 Å². The van der Waals surface area contributed by atoms with Gasteiger partial charge in [0.05, 0.1) is 11.4 Å². The van der Waals surface area contributed by atoms with Crippen molar-refractivity contribution in [3.8, 4) is 5.69 Å². The molecule has 3 rings (SSSR count). The summed E-state index contributed by atoms with van der Waals surface area (Å²) in [6.07, 6.45) is 4.34. The van der Waals surface area contributed by atoms with E-state index in [2.05, 4.69) is 5.10 Å². The monoisotopic (exact) mass is 245 g/mol. The third-order valence-corrected chi connectivity index (χ3v) is 3.58. The first kappa shape index (κ1) is 11.3. The van der Waals surface area contributed by atoms with E-state index in [4.69, 9.17) is 5.73 Å². The Morgan fingerprint density at radius 1 is 1.28 bits per heavy atom. The average molecular weight is 245 g/mol. The lowest BCUT2D eigenvalue weighted by molar-refractivity contribution is 0.625. The van der Waals surface area contributed by atoms with Crippen LogP contribution in [0, 0.1) is 12.7 Å². The molecule has 0 bridgehead atoms. The van der Waals surface area contributed by atoms with E-state index in [1.165, 1.54) is 30.5 Å². The van der Waals surface area contributed by atoms with E-state index in [-0.39, 0.29) is 5.82 Å². The van der Waals surface area contributed by atoms with E-state index < -0.39 is 0 Å². The van der Waals surface area contributed by atoms with Crippen LogP contribution in [0.3, 0.4) is 0 Å². The van der Waals surface area contributed by atoms with Crippen molar-refractivity contribution in [2.75, 3.05) is 5.73 Å². The molecule has 0 fully saturated rings. The quantitative estimate of drug-likeness (QED) is 0.839. The summed E-state index contributed by atoms with van der Waals surface area (Å²) >= 11 is 0. The average Bonchev–Trinajstić information content (AvgIpc) is 2.68. The summed E-state index contributed by atoms with van der Waals surface area (Å²) < 4.78 is 14.9. The standard InChI is InChI=1S/C14H16FN3/c1-9-8-10(15)6-7-13(9)18-14(16)11-4-2-3-5-12(11)17-18/h6-8H,2-5,16H2,1H3. The van der Waals surface area contributed by atoms with Crippen LogP contribution in [-0.4, -0.2) is 9.78 Å². The van der Waals surface area contributed by atoms with Gasteiger partial charge >= 0.3 is 0 Å². The van der Waals surface area contributed by atoms with Gasteiger partial charge in [-0.15, -0.1) is 0 Å². The molecule has 1 aromatic carbocycles. The zero-order chi connectivity index (χ0) is 12.7. The SMILES string of the molecule is Cc1cc(F)ccc1-n1nc2c(c1N)CCCC2. The van der Waals surface area contributed by atoms with Crippen molar-refractivity contribution in [1.82, 2.24) is 9.78 Å². The number of fused-ring (bicyclic) bond motifs is 1. The summed E-state index contributed by atoms with van der Waals surface area (Å²) in [5.41, 5.74) is 10.2. The number of benzene rings is 1. The summed E-state index contributed by atoms with van der Waals surface area (Å²) in [6, 6.07) is 4.69. The fourth-order valence-electron chi connectivity index (χ4n) is 2.62. The molecule has 94 valence electrons. The summed E-state index contributed by atoms with van der Waals surface area (Å²) in [6.45, 7) is 1.87. The number of halogens is 1. The Bertz CT molecular complexity index is 601. The van der Waals surface area contributed by atoms with E-state index in [1.54, 1.807) is 10.7 Å².